The number of carbonyl (C=O) groups is 1. The molecule has 6 nitrogen and oxygen atoms in total. The van der Waals surface area contributed by atoms with Gasteiger partial charge in [-0.1, -0.05) is 6.07 Å². The maximum Gasteiger partial charge on any atom is 0.417 e. The molecule has 35 heavy (non-hydrogen) atoms. The molecule has 0 saturated carbocycles. The van der Waals surface area contributed by atoms with Crippen LogP contribution >= 0.6 is 0 Å². The van der Waals surface area contributed by atoms with Gasteiger partial charge in [0, 0.05) is 43.3 Å². The normalized spacial score (nSPS) is 14.8. The van der Waals surface area contributed by atoms with Crippen molar-refractivity contribution in [2.75, 3.05) is 18.4 Å². The van der Waals surface area contributed by atoms with Crippen molar-refractivity contribution in [2.45, 2.75) is 18.8 Å². The number of nitrogens with zero attached hydrogens (tertiary/aromatic N) is 3. The molecular weight excluding hydrogens is 464 g/mol. The zero-order chi connectivity index (χ0) is 24.7. The van der Waals surface area contributed by atoms with E-state index in [9.17, 15) is 27.5 Å². The average molecular weight is 484 g/mol. The molecule has 4 aromatic rings. The second-order valence-electron chi connectivity index (χ2n) is 8.45. The first-order valence-electron chi connectivity index (χ1n) is 10.8. The fourth-order valence-corrected chi connectivity index (χ4v) is 4.14. The van der Waals surface area contributed by atoms with E-state index in [0.29, 0.717) is 36.4 Å². The number of halogens is 4. The lowest BCUT2D eigenvalue weighted by Gasteiger charge is -2.35. The van der Waals surface area contributed by atoms with Crippen LogP contribution in [0.3, 0.4) is 0 Å². The number of carbonyl (C=O) groups excluding carboxylic acids is 1. The number of benzene rings is 2. The van der Waals surface area contributed by atoms with Crippen molar-refractivity contribution in [3.63, 3.8) is 0 Å². The molecular formula is C25H20F4N4O2. The third-order valence-electron chi connectivity index (χ3n) is 5.84. The topological polar surface area (TPSA) is 69.9 Å². The van der Waals surface area contributed by atoms with E-state index in [2.05, 4.69) is 10.3 Å². The minimum Gasteiger partial charge on any atom is -0.390 e. The first kappa shape index (κ1) is 23.0. The first-order valence-corrected chi connectivity index (χ1v) is 10.8. The van der Waals surface area contributed by atoms with E-state index in [1.165, 1.54) is 24.3 Å². The number of nitrogens with one attached hydrogen (secondary N) is 1. The Kier molecular flexibility index (Phi) is 5.78. The summed E-state index contributed by atoms with van der Waals surface area (Å²) in [6.07, 6.45) is -1.47. The lowest BCUT2D eigenvalue weighted by molar-refractivity contribution is -0.137. The summed E-state index contributed by atoms with van der Waals surface area (Å²) in [7, 11) is 0. The molecule has 1 saturated heterocycles. The van der Waals surface area contributed by atoms with Gasteiger partial charge in [-0.25, -0.2) is 9.37 Å². The van der Waals surface area contributed by atoms with E-state index in [1.54, 1.807) is 22.7 Å². The van der Waals surface area contributed by atoms with Crippen molar-refractivity contribution in [1.29, 1.82) is 0 Å². The van der Waals surface area contributed by atoms with Crippen LogP contribution in [0.2, 0.25) is 0 Å². The number of hydrogen-bond donors (Lipinski definition) is 2. The fourth-order valence-electron chi connectivity index (χ4n) is 4.14. The van der Waals surface area contributed by atoms with Crippen LogP contribution in [0.15, 0.2) is 67.0 Å². The van der Waals surface area contributed by atoms with Crippen LogP contribution < -0.4 is 5.32 Å². The minimum absolute atomic E-state index is 0.172. The highest BCUT2D eigenvalue weighted by molar-refractivity contribution is 6.06. The second kappa shape index (κ2) is 8.79. The summed E-state index contributed by atoms with van der Waals surface area (Å²) in [6, 6.07) is 11.6. The number of aromatic nitrogens is 2. The molecule has 0 aliphatic carbocycles. The van der Waals surface area contributed by atoms with Crippen molar-refractivity contribution in [2.24, 2.45) is 0 Å². The first-order chi connectivity index (χ1) is 16.7. The van der Waals surface area contributed by atoms with Crippen molar-refractivity contribution in [1.82, 2.24) is 14.3 Å². The van der Waals surface area contributed by atoms with E-state index >= 15 is 0 Å². The molecule has 0 atom stereocenters. The van der Waals surface area contributed by atoms with E-state index < -0.39 is 29.0 Å². The zero-order valence-electron chi connectivity index (χ0n) is 18.3. The van der Waals surface area contributed by atoms with E-state index in [0.717, 1.165) is 23.9 Å². The number of aliphatic hydroxyl groups is 1. The molecule has 10 heteroatoms. The Morgan fingerprint density at radius 1 is 1.11 bits per heavy atom. The van der Waals surface area contributed by atoms with Crippen LogP contribution in [0.1, 0.15) is 21.6 Å². The number of likely N-dealkylation sites (tertiary alicyclic amines) is 1. The van der Waals surface area contributed by atoms with Gasteiger partial charge in [0.1, 0.15) is 11.5 Å². The number of imidazole rings is 1. The predicted molar refractivity (Wildman–Crippen MR) is 121 cm³/mol. The predicted octanol–water partition coefficient (Wildman–Crippen LogP) is 4.59. The Hall–Kier alpha value is -3.76. The highest BCUT2D eigenvalue weighted by Gasteiger charge is 2.35. The van der Waals surface area contributed by atoms with Gasteiger partial charge in [-0.05, 0) is 54.1 Å². The number of aliphatic hydroxyl groups excluding tert-OH is 1. The smallest absolute Gasteiger partial charge is 0.390 e. The van der Waals surface area contributed by atoms with Gasteiger partial charge in [0.05, 0.1) is 22.9 Å². The SMILES string of the molecule is O=C(Nc1ccc(F)cc1)c1cc(-c2cccn3cc(CN4CC(O)C4)nc23)ccc1C(F)(F)F. The zero-order valence-corrected chi connectivity index (χ0v) is 18.3. The summed E-state index contributed by atoms with van der Waals surface area (Å²) in [4.78, 5) is 19.5. The number of hydrogen-bond acceptors (Lipinski definition) is 4. The number of anilines is 1. The van der Waals surface area contributed by atoms with Crippen molar-refractivity contribution in [3.05, 3.63) is 89.6 Å². The molecule has 0 bridgehead atoms. The summed E-state index contributed by atoms with van der Waals surface area (Å²) < 4.78 is 56.1. The summed E-state index contributed by atoms with van der Waals surface area (Å²) in [5.41, 5.74) is 0.789. The number of pyridine rings is 1. The molecule has 1 amide bonds. The Labute approximate surface area is 197 Å². The molecule has 0 unspecified atom stereocenters. The molecule has 3 heterocycles. The van der Waals surface area contributed by atoms with Gasteiger partial charge in [0.15, 0.2) is 0 Å². The molecule has 2 aromatic heterocycles. The summed E-state index contributed by atoms with van der Waals surface area (Å²) in [6.45, 7) is 1.66. The summed E-state index contributed by atoms with van der Waals surface area (Å²) >= 11 is 0. The van der Waals surface area contributed by atoms with Crippen molar-refractivity contribution >= 4 is 17.2 Å². The van der Waals surface area contributed by atoms with Gasteiger partial charge < -0.3 is 14.8 Å². The number of alkyl halides is 3. The Balaban J connectivity index is 1.52. The highest BCUT2D eigenvalue weighted by Crippen LogP contribution is 2.35. The van der Waals surface area contributed by atoms with Gasteiger partial charge >= 0.3 is 6.18 Å². The van der Waals surface area contributed by atoms with Gasteiger partial charge in [-0.15, -0.1) is 0 Å². The molecule has 1 aliphatic rings. The molecule has 0 spiro atoms. The largest absolute Gasteiger partial charge is 0.417 e. The molecule has 1 aliphatic heterocycles. The quantitative estimate of drug-likeness (QED) is 0.407. The van der Waals surface area contributed by atoms with Crippen LogP contribution in [0.25, 0.3) is 16.8 Å². The van der Waals surface area contributed by atoms with Crippen LogP contribution in [0, 0.1) is 5.82 Å². The maximum atomic E-state index is 13.7. The van der Waals surface area contributed by atoms with E-state index in [1.807, 2.05) is 11.1 Å². The molecule has 1 fully saturated rings. The average Bonchev–Trinajstić information content (AvgIpc) is 3.21. The second-order valence-corrected chi connectivity index (χ2v) is 8.45. The van der Waals surface area contributed by atoms with Gasteiger partial charge in [-0.3, -0.25) is 9.69 Å². The Bertz CT molecular complexity index is 1390. The summed E-state index contributed by atoms with van der Waals surface area (Å²) in [5.74, 6) is -1.49. The van der Waals surface area contributed by atoms with Gasteiger partial charge in [0.25, 0.3) is 5.91 Å². The van der Waals surface area contributed by atoms with Crippen LogP contribution in [0.5, 0.6) is 0 Å². The van der Waals surface area contributed by atoms with Crippen LogP contribution in [-0.2, 0) is 12.7 Å². The maximum absolute atomic E-state index is 13.7. The summed E-state index contributed by atoms with van der Waals surface area (Å²) in [5, 5.41) is 11.9. The number of amides is 1. The lowest BCUT2D eigenvalue weighted by Crippen LogP contribution is -2.49. The van der Waals surface area contributed by atoms with Gasteiger partial charge in [0.2, 0.25) is 0 Å². The standard InChI is InChI=1S/C25H20F4N4O2/c26-16-4-6-17(7-5-16)31-24(35)21-10-15(3-8-22(21)25(27,28)29)20-2-1-9-33-12-18(30-23(20)33)11-32-13-19(34)14-32/h1-10,12,19,34H,11,13-14H2,(H,31,35). The molecule has 0 radical (unpaired) electrons. The third-order valence-corrected chi connectivity index (χ3v) is 5.84. The molecule has 180 valence electrons. The number of rotatable bonds is 5. The number of β-amino-alcohol motifs (C(OH)–C–C–N with tert-alkyl or cyclic N) is 1. The Morgan fingerprint density at radius 3 is 2.54 bits per heavy atom. The Morgan fingerprint density at radius 2 is 1.86 bits per heavy atom. The third kappa shape index (κ3) is 4.75. The fraction of sp³-hybridized carbons (Fsp3) is 0.200. The molecule has 2 N–H and O–H groups in total. The molecule has 5 rings (SSSR count). The van der Waals surface area contributed by atoms with Crippen LogP contribution in [0.4, 0.5) is 23.2 Å². The van der Waals surface area contributed by atoms with E-state index in [-0.39, 0.29) is 11.8 Å². The van der Waals surface area contributed by atoms with E-state index in [4.69, 9.17) is 0 Å². The molecule has 2 aromatic carbocycles. The monoisotopic (exact) mass is 484 g/mol. The van der Waals surface area contributed by atoms with Crippen LogP contribution in [-0.4, -0.2) is 44.5 Å². The highest BCUT2D eigenvalue weighted by atomic mass is 19.4. The lowest BCUT2D eigenvalue weighted by atomic mass is 9.98. The number of fused-ring (bicyclic) bond motifs is 1. The van der Waals surface area contributed by atoms with Gasteiger partial charge in [-0.2, -0.15) is 13.2 Å². The van der Waals surface area contributed by atoms with Crippen molar-refractivity contribution in [3.8, 4) is 11.1 Å². The minimum atomic E-state index is -4.75. The van der Waals surface area contributed by atoms with Crippen molar-refractivity contribution < 1.29 is 27.5 Å².